The van der Waals surface area contributed by atoms with E-state index in [-0.39, 0.29) is 17.6 Å². The summed E-state index contributed by atoms with van der Waals surface area (Å²) in [5.41, 5.74) is -0.141. The molecule has 5 heteroatoms. The van der Waals surface area contributed by atoms with Crippen LogP contribution >= 0.6 is 0 Å². The Kier molecular flexibility index (Phi) is 4.84. The van der Waals surface area contributed by atoms with Crippen LogP contribution in [0.5, 0.6) is 0 Å². The van der Waals surface area contributed by atoms with Crippen molar-refractivity contribution in [3.05, 3.63) is 35.6 Å². The van der Waals surface area contributed by atoms with Crippen LogP contribution in [-0.4, -0.2) is 23.0 Å². The summed E-state index contributed by atoms with van der Waals surface area (Å²) in [4.78, 5) is 23.7. The van der Waals surface area contributed by atoms with Crippen molar-refractivity contribution in [3.63, 3.8) is 0 Å². The molecular weight excluding hydrogens is 285 g/mol. The third kappa shape index (κ3) is 3.84. The van der Waals surface area contributed by atoms with Gasteiger partial charge in [0.05, 0.1) is 5.41 Å². The first-order valence-electron chi connectivity index (χ1n) is 7.61. The lowest BCUT2D eigenvalue weighted by Gasteiger charge is -2.21. The fourth-order valence-corrected chi connectivity index (χ4v) is 2.65. The highest BCUT2D eigenvalue weighted by molar-refractivity contribution is 5.89. The Morgan fingerprint density at radius 2 is 1.95 bits per heavy atom. The lowest BCUT2D eigenvalue weighted by molar-refractivity contribution is -0.143. The molecule has 1 amide bonds. The van der Waals surface area contributed by atoms with Gasteiger partial charge in [0.1, 0.15) is 11.9 Å². The molecule has 22 heavy (non-hydrogen) atoms. The maximum Gasteiger partial charge on any atom is 0.326 e. The van der Waals surface area contributed by atoms with Crippen molar-refractivity contribution >= 4 is 11.9 Å². The van der Waals surface area contributed by atoms with Crippen molar-refractivity contribution in [2.75, 3.05) is 0 Å². The lowest BCUT2D eigenvalue weighted by atomic mass is 9.94. The molecule has 120 valence electrons. The molecule has 2 N–H and O–H groups in total. The number of aliphatic carboxylic acids is 1. The van der Waals surface area contributed by atoms with Crippen molar-refractivity contribution in [1.82, 2.24) is 5.32 Å². The molecule has 1 atom stereocenters. The molecule has 0 saturated heterocycles. The Hall–Kier alpha value is -1.91. The SMILES string of the molecule is CC(C)C[C@@H](NC(=O)C1(Cc2ccccc2F)CC1)C(=O)O. The summed E-state index contributed by atoms with van der Waals surface area (Å²) in [5.74, 6) is -1.45. The minimum Gasteiger partial charge on any atom is -0.480 e. The number of hydrogen-bond donors (Lipinski definition) is 2. The average molecular weight is 307 g/mol. The van der Waals surface area contributed by atoms with Crippen LogP contribution < -0.4 is 5.32 Å². The van der Waals surface area contributed by atoms with Crippen molar-refractivity contribution in [1.29, 1.82) is 0 Å². The predicted octanol–water partition coefficient (Wildman–Crippen LogP) is 2.76. The van der Waals surface area contributed by atoms with Crippen LogP contribution in [0.15, 0.2) is 24.3 Å². The Bertz CT molecular complexity index is 567. The zero-order chi connectivity index (χ0) is 16.3. The maximum atomic E-state index is 13.7. The summed E-state index contributed by atoms with van der Waals surface area (Å²) in [6, 6.07) is 5.52. The van der Waals surface area contributed by atoms with Gasteiger partial charge in [0.2, 0.25) is 5.91 Å². The second-order valence-electron chi connectivity index (χ2n) is 6.54. The fraction of sp³-hybridized carbons (Fsp3) is 0.529. The highest BCUT2D eigenvalue weighted by Gasteiger charge is 2.50. The smallest absolute Gasteiger partial charge is 0.326 e. The van der Waals surface area contributed by atoms with E-state index in [1.54, 1.807) is 18.2 Å². The number of carboxylic acid groups (broad SMARTS) is 1. The number of amides is 1. The molecule has 1 aliphatic rings. The van der Waals surface area contributed by atoms with Crippen LogP contribution in [0.2, 0.25) is 0 Å². The Morgan fingerprint density at radius 1 is 1.32 bits per heavy atom. The molecule has 4 nitrogen and oxygen atoms in total. The van der Waals surface area contributed by atoms with Gasteiger partial charge in [-0.1, -0.05) is 32.0 Å². The second kappa shape index (κ2) is 6.46. The first kappa shape index (κ1) is 16.5. The average Bonchev–Trinajstić information content (AvgIpc) is 3.21. The van der Waals surface area contributed by atoms with Crippen LogP contribution in [-0.2, 0) is 16.0 Å². The van der Waals surface area contributed by atoms with E-state index in [9.17, 15) is 19.1 Å². The number of benzene rings is 1. The van der Waals surface area contributed by atoms with Gasteiger partial charge >= 0.3 is 5.97 Å². The van der Waals surface area contributed by atoms with Gasteiger partial charge in [-0.3, -0.25) is 4.79 Å². The van der Waals surface area contributed by atoms with E-state index in [4.69, 9.17) is 0 Å². The number of halogens is 1. The van der Waals surface area contributed by atoms with Gasteiger partial charge < -0.3 is 10.4 Å². The zero-order valence-corrected chi connectivity index (χ0v) is 12.9. The maximum absolute atomic E-state index is 13.7. The number of carbonyl (C=O) groups excluding carboxylic acids is 1. The minimum atomic E-state index is -1.02. The van der Waals surface area contributed by atoms with E-state index >= 15 is 0 Å². The molecule has 0 bridgehead atoms. The molecule has 1 aromatic carbocycles. The van der Waals surface area contributed by atoms with Gasteiger partial charge in [-0.15, -0.1) is 0 Å². The molecule has 1 fully saturated rings. The first-order valence-corrected chi connectivity index (χ1v) is 7.61. The van der Waals surface area contributed by atoms with Crippen LogP contribution in [0, 0.1) is 17.2 Å². The molecule has 0 aliphatic heterocycles. The van der Waals surface area contributed by atoms with E-state index in [2.05, 4.69) is 5.32 Å². The van der Waals surface area contributed by atoms with Crippen molar-refractivity contribution in [2.24, 2.45) is 11.3 Å². The molecule has 0 unspecified atom stereocenters. The minimum absolute atomic E-state index is 0.170. The summed E-state index contributed by atoms with van der Waals surface area (Å²) < 4.78 is 13.7. The second-order valence-corrected chi connectivity index (χ2v) is 6.54. The Balaban J connectivity index is 2.05. The number of carbonyl (C=O) groups is 2. The molecule has 0 spiro atoms. The van der Waals surface area contributed by atoms with Crippen molar-refractivity contribution < 1.29 is 19.1 Å². The normalized spacial score (nSPS) is 17.1. The first-order chi connectivity index (χ1) is 10.3. The molecule has 0 aromatic heterocycles. The van der Waals surface area contributed by atoms with Crippen LogP contribution in [0.1, 0.15) is 38.7 Å². The molecule has 2 rings (SSSR count). The highest BCUT2D eigenvalue weighted by Crippen LogP contribution is 2.49. The standard InChI is InChI=1S/C17H22FNO3/c1-11(2)9-14(15(20)21)19-16(22)17(7-8-17)10-12-5-3-4-6-13(12)18/h3-6,11,14H,7-10H2,1-2H3,(H,19,22)(H,20,21)/t14-/m1/s1. The number of nitrogens with one attached hydrogen (secondary N) is 1. The number of carboxylic acids is 1. The van der Waals surface area contributed by atoms with Gasteiger partial charge in [0.25, 0.3) is 0 Å². The summed E-state index contributed by atoms with van der Waals surface area (Å²) >= 11 is 0. The molecule has 0 radical (unpaired) electrons. The summed E-state index contributed by atoms with van der Waals surface area (Å²) in [6.07, 6.45) is 2.04. The van der Waals surface area contributed by atoms with Gasteiger partial charge in [-0.05, 0) is 43.2 Å². The van der Waals surface area contributed by atoms with Crippen LogP contribution in [0.4, 0.5) is 4.39 Å². The monoisotopic (exact) mass is 307 g/mol. The highest BCUT2D eigenvalue weighted by atomic mass is 19.1. The summed E-state index contributed by atoms with van der Waals surface area (Å²) in [7, 11) is 0. The van der Waals surface area contributed by atoms with E-state index < -0.39 is 17.4 Å². The van der Waals surface area contributed by atoms with Gasteiger partial charge in [-0.2, -0.15) is 0 Å². The lowest BCUT2D eigenvalue weighted by Crippen LogP contribution is -2.45. The fourth-order valence-electron chi connectivity index (χ4n) is 2.65. The van der Waals surface area contributed by atoms with E-state index in [0.717, 1.165) is 0 Å². The third-order valence-corrected chi connectivity index (χ3v) is 4.13. The van der Waals surface area contributed by atoms with Gasteiger partial charge in [0, 0.05) is 0 Å². The Morgan fingerprint density at radius 3 is 2.45 bits per heavy atom. The molecule has 1 aliphatic carbocycles. The molecule has 1 saturated carbocycles. The molecule has 1 aromatic rings. The Labute approximate surface area is 129 Å². The van der Waals surface area contributed by atoms with Gasteiger partial charge in [0.15, 0.2) is 0 Å². The predicted molar refractivity (Wildman–Crippen MR) is 80.8 cm³/mol. The third-order valence-electron chi connectivity index (χ3n) is 4.13. The van der Waals surface area contributed by atoms with E-state index in [1.165, 1.54) is 6.07 Å². The van der Waals surface area contributed by atoms with E-state index in [1.807, 2.05) is 13.8 Å². The molecular formula is C17H22FNO3. The number of hydrogen-bond acceptors (Lipinski definition) is 2. The van der Waals surface area contributed by atoms with Crippen LogP contribution in [0.3, 0.4) is 0 Å². The van der Waals surface area contributed by atoms with Crippen LogP contribution in [0.25, 0.3) is 0 Å². The van der Waals surface area contributed by atoms with Crippen molar-refractivity contribution in [2.45, 2.75) is 45.6 Å². The number of rotatable bonds is 7. The quantitative estimate of drug-likeness (QED) is 0.814. The zero-order valence-electron chi connectivity index (χ0n) is 12.9. The van der Waals surface area contributed by atoms with Crippen molar-refractivity contribution in [3.8, 4) is 0 Å². The summed E-state index contributed by atoms with van der Waals surface area (Å²) in [5, 5.41) is 11.8. The summed E-state index contributed by atoms with van der Waals surface area (Å²) in [6.45, 7) is 3.82. The molecule has 0 heterocycles. The van der Waals surface area contributed by atoms with E-state index in [0.29, 0.717) is 31.2 Å². The largest absolute Gasteiger partial charge is 0.480 e. The van der Waals surface area contributed by atoms with Gasteiger partial charge in [-0.25, -0.2) is 9.18 Å². The topological polar surface area (TPSA) is 66.4 Å².